The molecule has 0 amide bonds. The van der Waals surface area contributed by atoms with Gasteiger partial charge in [0.15, 0.2) is 6.10 Å². The third-order valence-corrected chi connectivity index (χ3v) is 2.61. The van der Waals surface area contributed by atoms with Gasteiger partial charge in [-0.25, -0.2) is 4.98 Å². The number of morpholine rings is 1. The molecule has 2 heterocycles. The van der Waals surface area contributed by atoms with E-state index in [0.717, 1.165) is 6.20 Å². The largest absolute Gasteiger partial charge is 0.360 e. The summed E-state index contributed by atoms with van der Waals surface area (Å²) in [7, 11) is 0. The molecule has 8 nitrogen and oxygen atoms in total. The summed E-state index contributed by atoms with van der Waals surface area (Å²) in [4.78, 5) is 19.4. The van der Waals surface area contributed by atoms with Crippen LogP contribution in [0, 0.1) is 21.4 Å². The van der Waals surface area contributed by atoms with E-state index >= 15 is 0 Å². The lowest BCUT2D eigenvalue weighted by Gasteiger charge is -2.30. The van der Waals surface area contributed by atoms with Gasteiger partial charge in [0.2, 0.25) is 11.1 Å². The van der Waals surface area contributed by atoms with E-state index in [-0.39, 0.29) is 23.3 Å². The van der Waals surface area contributed by atoms with E-state index in [9.17, 15) is 10.1 Å². The summed E-state index contributed by atoms with van der Waals surface area (Å²) < 4.78 is 5.16. The third-order valence-electron chi connectivity index (χ3n) is 2.43. The highest BCUT2D eigenvalue weighted by Crippen LogP contribution is 2.27. The maximum atomic E-state index is 10.9. The molecule has 18 heavy (non-hydrogen) atoms. The Kier molecular flexibility index (Phi) is 3.55. The Labute approximate surface area is 107 Å². The highest BCUT2D eigenvalue weighted by molar-refractivity contribution is 6.28. The standard InChI is InChI=1S/C9H8ClN5O3/c10-9-12-4-7(15(16)17)8(13-9)14-1-2-18-6(3-11)5-14/h4,6H,1-2,5H2. The van der Waals surface area contributed by atoms with E-state index in [1.165, 1.54) is 0 Å². The molecular formula is C9H8ClN5O3. The molecule has 0 spiro atoms. The maximum absolute atomic E-state index is 10.9. The molecule has 1 atom stereocenters. The van der Waals surface area contributed by atoms with E-state index < -0.39 is 11.0 Å². The molecular weight excluding hydrogens is 262 g/mol. The molecule has 1 fully saturated rings. The number of hydrogen-bond donors (Lipinski definition) is 0. The topological polar surface area (TPSA) is 105 Å². The van der Waals surface area contributed by atoms with Crippen LogP contribution < -0.4 is 4.90 Å². The smallest absolute Gasteiger partial charge is 0.329 e. The van der Waals surface area contributed by atoms with Crippen molar-refractivity contribution in [1.29, 1.82) is 5.26 Å². The molecule has 0 radical (unpaired) electrons. The number of aromatic nitrogens is 2. The van der Waals surface area contributed by atoms with Gasteiger partial charge < -0.3 is 9.64 Å². The van der Waals surface area contributed by atoms with Gasteiger partial charge in [0.05, 0.1) is 24.1 Å². The number of ether oxygens (including phenoxy) is 1. The number of nitro groups is 1. The van der Waals surface area contributed by atoms with Crippen LogP contribution in [0.25, 0.3) is 0 Å². The lowest BCUT2D eigenvalue weighted by Crippen LogP contribution is -2.42. The van der Waals surface area contributed by atoms with Gasteiger partial charge in [-0.15, -0.1) is 0 Å². The van der Waals surface area contributed by atoms with Crippen molar-refractivity contribution in [3.63, 3.8) is 0 Å². The van der Waals surface area contributed by atoms with Crippen molar-refractivity contribution >= 4 is 23.1 Å². The SMILES string of the molecule is N#CC1CN(c2nc(Cl)ncc2[N+](=O)[O-])CCO1. The van der Waals surface area contributed by atoms with Crippen molar-refractivity contribution in [2.45, 2.75) is 6.10 Å². The molecule has 1 aliphatic heterocycles. The zero-order valence-electron chi connectivity index (χ0n) is 9.11. The van der Waals surface area contributed by atoms with Gasteiger partial charge in [-0.2, -0.15) is 10.2 Å². The van der Waals surface area contributed by atoms with Gasteiger partial charge in [0.1, 0.15) is 6.20 Å². The van der Waals surface area contributed by atoms with Crippen molar-refractivity contribution < 1.29 is 9.66 Å². The number of nitriles is 1. The lowest BCUT2D eigenvalue weighted by atomic mass is 10.3. The fourth-order valence-corrected chi connectivity index (χ4v) is 1.76. The number of rotatable bonds is 2. The summed E-state index contributed by atoms with van der Waals surface area (Å²) in [6, 6.07) is 1.96. The van der Waals surface area contributed by atoms with Crippen LogP contribution in [0.15, 0.2) is 6.20 Å². The fraction of sp³-hybridized carbons (Fsp3) is 0.444. The molecule has 0 bridgehead atoms. The van der Waals surface area contributed by atoms with E-state index in [1.807, 2.05) is 6.07 Å². The van der Waals surface area contributed by atoms with Gasteiger partial charge in [0.25, 0.3) is 0 Å². The molecule has 1 saturated heterocycles. The molecule has 1 unspecified atom stereocenters. The molecule has 1 aliphatic rings. The monoisotopic (exact) mass is 269 g/mol. The van der Waals surface area contributed by atoms with Crippen molar-refractivity contribution in [3.8, 4) is 6.07 Å². The van der Waals surface area contributed by atoms with Crippen LogP contribution in [-0.2, 0) is 4.74 Å². The average molecular weight is 270 g/mol. The molecule has 1 aromatic rings. The predicted molar refractivity (Wildman–Crippen MR) is 61.3 cm³/mol. The van der Waals surface area contributed by atoms with Crippen LogP contribution in [0.4, 0.5) is 11.5 Å². The van der Waals surface area contributed by atoms with Gasteiger partial charge >= 0.3 is 5.69 Å². The van der Waals surface area contributed by atoms with E-state index in [1.54, 1.807) is 4.90 Å². The van der Waals surface area contributed by atoms with Crippen LogP contribution in [0.2, 0.25) is 5.28 Å². The van der Waals surface area contributed by atoms with Crippen LogP contribution in [0.3, 0.4) is 0 Å². The Morgan fingerprint density at radius 2 is 2.50 bits per heavy atom. The first-order chi connectivity index (χ1) is 8.61. The van der Waals surface area contributed by atoms with Crippen molar-refractivity contribution in [3.05, 3.63) is 21.6 Å². The van der Waals surface area contributed by atoms with Gasteiger partial charge in [0, 0.05) is 6.54 Å². The van der Waals surface area contributed by atoms with Crippen LogP contribution >= 0.6 is 11.6 Å². The second-order valence-electron chi connectivity index (χ2n) is 3.54. The zero-order valence-corrected chi connectivity index (χ0v) is 9.87. The Morgan fingerprint density at radius 3 is 3.17 bits per heavy atom. The zero-order chi connectivity index (χ0) is 13.1. The van der Waals surface area contributed by atoms with E-state index in [0.29, 0.717) is 13.2 Å². The first-order valence-electron chi connectivity index (χ1n) is 5.05. The molecule has 0 aromatic carbocycles. The molecule has 1 aromatic heterocycles. The first kappa shape index (κ1) is 12.5. The second kappa shape index (κ2) is 5.12. The summed E-state index contributed by atoms with van der Waals surface area (Å²) >= 11 is 5.64. The van der Waals surface area contributed by atoms with Crippen molar-refractivity contribution in [2.24, 2.45) is 0 Å². The minimum absolute atomic E-state index is 0.0735. The number of halogens is 1. The first-order valence-corrected chi connectivity index (χ1v) is 5.42. The third kappa shape index (κ3) is 2.47. The van der Waals surface area contributed by atoms with Gasteiger partial charge in [-0.05, 0) is 11.6 Å². The summed E-state index contributed by atoms with van der Waals surface area (Å²) in [5.74, 6) is 0.114. The molecule has 2 rings (SSSR count). The van der Waals surface area contributed by atoms with E-state index in [4.69, 9.17) is 21.6 Å². The van der Waals surface area contributed by atoms with Crippen LogP contribution in [0.5, 0.6) is 0 Å². The number of anilines is 1. The fourth-order valence-electron chi connectivity index (χ4n) is 1.63. The highest BCUT2D eigenvalue weighted by Gasteiger charge is 2.27. The Bertz CT molecular complexity index is 517. The maximum Gasteiger partial charge on any atom is 0.329 e. The van der Waals surface area contributed by atoms with E-state index in [2.05, 4.69) is 9.97 Å². The lowest BCUT2D eigenvalue weighted by molar-refractivity contribution is -0.384. The summed E-state index contributed by atoms with van der Waals surface area (Å²) in [5, 5.41) is 19.6. The second-order valence-corrected chi connectivity index (χ2v) is 3.88. The quantitative estimate of drug-likeness (QED) is 0.443. The predicted octanol–water partition coefficient (Wildman–Crippen LogP) is 0.767. The van der Waals surface area contributed by atoms with Gasteiger partial charge in [-0.3, -0.25) is 10.1 Å². The molecule has 0 aliphatic carbocycles. The Balaban J connectivity index is 2.34. The minimum atomic E-state index is -0.632. The average Bonchev–Trinajstić information content (AvgIpc) is 2.38. The van der Waals surface area contributed by atoms with Crippen LogP contribution in [0.1, 0.15) is 0 Å². The van der Waals surface area contributed by atoms with Gasteiger partial charge in [-0.1, -0.05) is 0 Å². The Hall–Kier alpha value is -1.98. The Morgan fingerprint density at radius 1 is 1.72 bits per heavy atom. The molecule has 9 heteroatoms. The summed E-state index contributed by atoms with van der Waals surface area (Å²) in [6.07, 6.45) is 0.425. The van der Waals surface area contributed by atoms with Crippen LogP contribution in [-0.4, -0.2) is 40.7 Å². The number of hydrogen-bond acceptors (Lipinski definition) is 7. The normalized spacial score (nSPS) is 19.3. The van der Waals surface area contributed by atoms with Crippen molar-refractivity contribution in [1.82, 2.24) is 9.97 Å². The summed E-state index contributed by atoms with van der Waals surface area (Å²) in [6.45, 7) is 0.925. The molecule has 0 N–H and O–H groups in total. The highest BCUT2D eigenvalue weighted by atomic mass is 35.5. The molecule has 94 valence electrons. The van der Waals surface area contributed by atoms with Crippen molar-refractivity contribution in [2.75, 3.05) is 24.6 Å². The summed E-state index contributed by atoms with van der Waals surface area (Å²) in [5.41, 5.74) is -0.238. The number of nitrogens with zero attached hydrogens (tertiary/aromatic N) is 5. The molecule has 0 saturated carbocycles. The minimum Gasteiger partial charge on any atom is -0.360 e.